The van der Waals surface area contributed by atoms with E-state index in [1.807, 2.05) is 0 Å². The van der Waals surface area contributed by atoms with Crippen LogP contribution in [-0.4, -0.2) is 44.1 Å². The van der Waals surface area contributed by atoms with Gasteiger partial charge in [-0.25, -0.2) is 19.8 Å². The number of nitriles is 2. The number of alkyl halides is 6. The van der Waals surface area contributed by atoms with Gasteiger partial charge < -0.3 is 0 Å². The number of imide groups is 2. The van der Waals surface area contributed by atoms with Crippen molar-refractivity contribution >= 4 is 58.5 Å². The quantitative estimate of drug-likeness (QED) is 0.110. The normalized spacial score (nSPS) is 17.2. The van der Waals surface area contributed by atoms with Gasteiger partial charge in [-0.05, 0) is 36.4 Å². The second kappa shape index (κ2) is 15.4. The van der Waals surface area contributed by atoms with Crippen molar-refractivity contribution in [2.75, 3.05) is 9.80 Å². The van der Waals surface area contributed by atoms with Crippen LogP contribution in [0, 0.1) is 22.7 Å². The van der Waals surface area contributed by atoms with Gasteiger partial charge in [-0.3, -0.25) is 19.2 Å². The SMILES string of the molecule is N#Cc1c(C(F)(F)F)cc(-c2ccccc2)nc1S[C@H]1CC(=O)N(c2ccc(N3C(=O)C[C@H](Sc4nc(-c5ccccc5)cc(C(F)(F)F)c4C#N)C3=O)cc2)C1=O. The molecule has 290 valence electrons. The molecule has 0 N–H and O–H groups in total. The van der Waals surface area contributed by atoms with Crippen molar-refractivity contribution in [3.05, 3.63) is 119 Å². The fraction of sp³-hybridized carbons (Fsp3) is 0.150. The van der Waals surface area contributed by atoms with E-state index < -0.39 is 91.6 Å². The lowest BCUT2D eigenvalue weighted by Crippen LogP contribution is -2.32. The molecule has 2 atom stereocenters. The first-order valence-corrected chi connectivity index (χ1v) is 18.7. The molecule has 3 aromatic carbocycles. The molecule has 18 heteroatoms. The molecule has 0 bridgehead atoms. The number of amides is 4. The first kappa shape index (κ1) is 39.7. The predicted octanol–water partition coefficient (Wildman–Crippen LogP) is 8.44. The molecule has 0 saturated carbocycles. The van der Waals surface area contributed by atoms with Crippen LogP contribution in [-0.2, 0) is 31.5 Å². The zero-order valence-corrected chi connectivity index (χ0v) is 30.8. The van der Waals surface area contributed by atoms with Gasteiger partial charge in [0.15, 0.2) is 0 Å². The number of hydrogen-bond acceptors (Lipinski definition) is 10. The Bertz CT molecular complexity index is 2400. The van der Waals surface area contributed by atoms with Gasteiger partial charge in [-0.1, -0.05) is 84.2 Å². The third kappa shape index (κ3) is 7.63. The van der Waals surface area contributed by atoms with Crippen LogP contribution in [0.15, 0.2) is 107 Å². The van der Waals surface area contributed by atoms with Crippen molar-refractivity contribution < 1.29 is 45.5 Å². The summed E-state index contributed by atoms with van der Waals surface area (Å²) in [6.45, 7) is 0. The Kier molecular flexibility index (Phi) is 10.6. The fourth-order valence-electron chi connectivity index (χ4n) is 6.35. The van der Waals surface area contributed by atoms with E-state index in [2.05, 4.69) is 9.97 Å². The van der Waals surface area contributed by atoms with Crippen LogP contribution in [0.4, 0.5) is 37.7 Å². The average Bonchev–Trinajstić information content (AvgIpc) is 3.64. The monoisotopic (exact) mass is 828 g/mol. The molecule has 10 nitrogen and oxygen atoms in total. The number of carbonyl (C=O) groups is 4. The maximum Gasteiger partial charge on any atom is 0.417 e. The van der Waals surface area contributed by atoms with E-state index in [9.17, 15) is 56.0 Å². The lowest BCUT2D eigenvalue weighted by atomic mass is 10.1. The standard InChI is InChI=1S/C40H22F6N6O4S2/c41-39(42,43)27-15-29(21-7-3-1-4-8-21)49-35(25(27)19-47)57-31-17-33(53)51(37(31)55)23-11-13-24(14-12-23)52-34(54)18-32(38(52)56)58-36-26(20-48)28(40(44,45)46)16-30(50-36)22-9-5-2-6-10-22/h1-16,31-32H,17-18H2/t31-,32-/m0/s1. The highest BCUT2D eigenvalue weighted by molar-refractivity contribution is 8.01. The third-order valence-electron chi connectivity index (χ3n) is 9.03. The van der Waals surface area contributed by atoms with Crippen molar-refractivity contribution in [1.82, 2.24) is 9.97 Å². The summed E-state index contributed by atoms with van der Waals surface area (Å²) in [5, 5.41) is 16.2. The Morgan fingerprint density at radius 2 is 0.914 bits per heavy atom. The molecule has 5 aromatic rings. The molecular formula is C40H22F6N6O4S2. The van der Waals surface area contributed by atoms with Crippen molar-refractivity contribution in [3.8, 4) is 34.7 Å². The molecule has 0 radical (unpaired) electrons. The lowest BCUT2D eigenvalue weighted by molar-refractivity contribution is -0.138. The van der Waals surface area contributed by atoms with Crippen molar-refractivity contribution in [2.24, 2.45) is 0 Å². The van der Waals surface area contributed by atoms with E-state index in [1.165, 1.54) is 60.7 Å². The number of anilines is 2. The Labute approximate surface area is 333 Å². The molecule has 2 fully saturated rings. The van der Waals surface area contributed by atoms with Gasteiger partial charge in [0.25, 0.3) is 0 Å². The minimum atomic E-state index is -4.94. The molecule has 2 aliphatic rings. The topological polar surface area (TPSA) is 148 Å². The molecule has 0 spiro atoms. The molecule has 0 aliphatic carbocycles. The van der Waals surface area contributed by atoms with Gasteiger partial charge >= 0.3 is 12.4 Å². The van der Waals surface area contributed by atoms with Gasteiger partial charge in [0.2, 0.25) is 23.6 Å². The molecule has 2 saturated heterocycles. The van der Waals surface area contributed by atoms with E-state index in [0.29, 0.717) is 34.7 Å². The minimum absolute atomic E-state index is 0.00891. The summed E-state index contributed by atoms with van der Waals surface area (Å²) in [5.74, 6) is -3.06. The molecule has 2 aromatic heterocycles. The molecule has 58 heavy (non-hydrogen) atoms. The Hall–Kier alpha value is -6.50. The summed E-state index contributed by atoms with van der Waals surface area (Å²) in [6, 6.07) is 25.4. The van der Waals surface area contributed by atoms with E-state index in [-0.39, 0.29) is 22.8 Å². The summed E-state index contributed by atoms with van der Waals surface area (Å²) in [6.07, 6.45) is -10.8. The molecule has 4 heterocycles. The number of nitrogens with zero attached hydrogens (tertiary/aromatic N) is 6. The fourth-order valence-corrected chi connectivity index (χ4v) is 8.60. The van der Waals surface area contributed by atoms with Crippen molar-refractivity contribution in [1.29, 1.82) is 10.5 Å². The van der Waals surface area contributed by atoms with Gasteiger partial charge in [0.05, 0.1) is 55.5 Å². The van der Waals surface area contributed by atoms with Gasteiger partial charge in [0.1, 0.15) is 22.2 Å². The number of aromatic nitrogens is 2. The number of hydrogen-bond donors (Lipinski definition) is 0. The predicted molar refractivity (Wildman–Crippen MR) is 199 cm³/mol. The maximum absolute atomic E-state index is 14.1. The molecule has 4 amide bonds. The van der Waals surface area contributed by atoms with Crippen molar-refractivity contribution in [3.63, 3.8) is 0 Å². The van der Waals surface area contributed by atoms with Gasteiger partial charge in [-0.2, -0.15) is 36.9 Å². The zero-order valence-electron chi connectivity index (χ0n) is 29.2. The van der Waals surface area contributed by atoms with E-state index in [0.717, 1.165) is 21.9 Å². The smallest absolute Gasteiger partial charge is 0.274 e. The number of rotatable bonds is 8. The highest BCUT2D eigenvalue weighted by Crippen LogP contribution is 2.43. The van der Waals surface area contributed by atoms with Crippen LogP contribution in [0.5, 0.6) is 0 Å². The summed E-state index contributed by atoms with van der Waals surface area (Å²) in [5.41, 5.74) is -3.65. The lowest BCUT2D eigenvalue weighted by Gasteiger charge is -2.19. The first-order chi connectivity index (χ1) is 27.6. The highest BCUT2D eigenvalue weighted by atomic mass is 32.2. The van der Waals surface area contributed by atoms with E-state index >= 15 is 0 Å². The summed E-state index contributed by atoms with van der Waals surface area (Å²) in [7, 11) is 0. The number of pyridine rings is 2. The van der Waals surface area contributed by atoms with Gasteiger partial charge in [0, 0.05) is 24.0 Å². The summed E-state index contributed by atoms with van der Waals surface area (Å²) < 4.78 is 84.6. The summed E-state index contributed by atoms with van der Waals surface area (Å²) >= 11 is 1.10. The average molecular weight is 829 g/mol. The minimum Gasteiger partial charge on any atom is -0.274 e. The van der Waals surface area contributed by atoms with Gasteiger partial charge in [-0.15, -0.1) is 0 Å². The van der Waals surface area contributed by atoms with Crippen LogP contribution < -0.4 is 9.80 Å². The molecule has 2 aliphatic heterocycles. The third-order valence-corrected chi connectivity index (χ3v) is 11.4. The first-order valence-electron chi connectivity index (χ1n) is 16.9. The van der Waals surface area contributed by atoms with Crippen LogP contribution in [0.2, 0.25) is 0 Å². The van der Waals surface area contributed by atoms with Crippen LogP contribution in [0.25, 0.3) is 22.5 Å². The molecular weight excluding hydrogens is 807 g/mol. The number of thioether (sulfide) groups is 2. The molecule has 7 rings (SSSR count). The van der Waals surface area contributed by atoms with Crippen LogP contribution in [0.1, 0.15) is 35.1 Å². The second-order valence-electron chi connectivity index (χ2n) is 12.7. The summed E-state index contributed by atoms with van der Waals surface area (Å²) in [4.78, 5) is 63.7. The molecule has 0 unspecified atom stereocenters. The largest absolute Gasteiger partial charge is 0.417 e. The van der Waals surface area contributed by atoms with E-state index in [4.69, 9.17) is 0 Å². The number of halogens is 6. The number of benzene rings is 3. The highest BCUT2D eigenvalue weighted by Gasteiger charge is 2.45. The van der Waals surface area contributed by atoms with Crippen molar-refractivity contribution in [2.45, 2.75) is 45.7 Å². The Morgan fingerprint density at radius 3 is 1.22 bits per heavy atom. The number of carbonyl (C=O) groups excluding carboxylic acids is 4. The zero-order chi connectivity index (χ0) is 41.5. The van der Waals surface area contributed by atoms with E-state index in [1.54, 1.807) is 36.4 Å². The second-order valence-corrected chi connectivity index (χ2v) is 15.1. The Morgan fingerprint density at radius 1 is 0.569 bits per heavy atom. The van der Waals surface area contributed by atoms with Crippen LogP contribution >= 0.6 is 23.5 Å². The maximum atomic E-state index is 14.1. The van der Waals surface area contributed by atoms with Crippen LogP contribution in [0.3, 0.4) is 0 Å². The Balaban J connectivity index is 1.12.